The molecule has 0 aliphatic heterocycles. The van der Waals surface area contributed by atoms with Gasteiger partial charge < -0.3 is 14.8 Å². The summed E-state index contributed by atoms with van der Waals surface area (Å²) >= 11 is 0. The zero-order valence-corrected chi connectivity index (χ0v) is 20.5. The number of ether oxygens (including phenoxy) is 2. The Hall–Kier alpha value is -1.26. The first-order valence-electron chi connectivity index (χ1n) is 12.4. The number of unbranched alkanes of at least 4 members (excludes halogenated alkanes) is 13. The van der Waals surface area contributed by atoms with Gasteiger partial charge in [-0.3, -0.25) is 0 Å². The van der Waals surface area contributed by atoms with Crippen molar-refractivity contribution in [2.75, 3.05) is 13.2 Å². The van der Waals surface area contributed by atoms with Gasteiger partial charge in [0, 0.05) is 0 Å². The van der Waals surface area contributed by atoms with Gasteiger partial charge in [0.15, 0.2) is 0 Å². The van der Waals surface area contributed by atoms with Crippen molar-refractivity contribution in [3.05, 3.63) is 0 Å². The van der Waals surface area contributed by atoms with Crippen LogP contribution in [0.15, 0.2) is 0 Å². The first-order chi connectivity index (χ1) is 14.3. The zero-order valence-electron chi connectivity index (χ0n) is 20.5. The highest BCUT2D eigenvalue weighted by Crippen LogP contribution is 2.14. The molecule has 0 rings (SSSR count). The summed E-state index contributed by atoms with van der Waals surface area (Å²) in [4.78, 5) is 23.6. The van der Waals surface area contributed by atoms with Gasteiger partial charge in [-0.1, -0.05) is 111 Å². The Morgan fingerprint density at radius 2 is 1.17 bits per heavy atom. The number of hydrogen-bond acceptors (Lipinski definition) is 4. The molecule has 178 valence electrons. The van der Waals surface area contributed by atoms with Crippen LogP contribution in [-0.4, -0.2) is 31.3 Å². The van der Waals surface area contributed by atoms with E-state index in [4.69, 9.17) is 9.47 Å². The second kappa shape index (κ2) is 18.5. The highest BCUT2D eigenvalue weighted by molar-refractivity contribution is 5.80. The Morgan fingerprint density at radius 1 is 0.733 bits per heavy atom. The normalized spacial score (nSPS) is 12.4. The second-order valence-corrected chi connectivity index (χ2v) is 9.77. The third kappa shape index (κ3) is 20.0. The molecule has 0 aliphatic rings. The van der Waals surface area contributed by atoms with E-state index in [-0.39, 0.29) is 5.41 Å². The molecule has 1 amide bonds. The van der Waals surface area contributed by atoms with Crippen molar-refractivity contribution in [1.82, 2.24) is 5.32 Å². The molecule has 0 aromatic rings. The number of nitrogens with one attached hydrogen (secondary N) is 1. The first kappa shape index (κ1) is 28.7. The fraction of sp³-hybridized carbons (Fsp3) is 0.920. The van der Waals surface area contributed by atoms with Crippen LogP contribution in [0, 0.1) is 5.41 Å². The highest BCUT2D eigenvalue weighted by atomic mass is 16.6. The van der Waals surface area contributed by atoms with E-state index in [9.17, 15) is 9.59 Å². The first-order valence-corrected chi connectivity index (χ1v) is 12.4. The van der Waals surface area contributed by atoms with Crippen LogP contribution in [0.5, 0.6) is 0 Å². The summed E-state index contributed by atoms with van der Waals surface area (Å²) in [6.07, 6.45) is 17.6. The van der Waals surface area contributed by atoms with Gasteiger partial charge in [0.2, 0.25) is 0 Å². The molecule has 0 saturated carbocycles. The predicted molar refractivity (Wildman–Crippen MR) is 125 cm³/mol. The number of rotatable bonds is 18. The lowest BCUT2D eigenvalue weighted by atomic mass is 9.99. The lowest BCUT2D eigenvalue weighted by Crippen LogP contribution is -2.40. The van der Waals surface area contributed by atoms with Gasteiger partial charge >= 0.3 is 12.1 Å². The van der Waals surface area contributed by atoms with E-state index >= 15 is 0 Å². The summed E-state index contributed by atoms with van der Waals surface area (Å²) in [6, 6.07) is -0.691. The minimum absolute atomic E-state index is 0.102. The summed E-state index contributed by atoms with van der Waals surface area (Å²) in [5, 5.41) is 2.52. The van der Waals surface area contributed by atoms with E-state index in [0.717, 1.165) is 12.8 Å². The largest absolute Gasteiger partial charge is 0.464 e. The zero-order chi connectivity index (χ0) is 22.7. The lowest BCUT2D eigenvalue weighted by Gasteiger charge is -2.19. The van der Waals surface area contributed by atoms with Crippen LogP contribution in [0.25, 0.3) is 0 Å². The molecular weight excluding hydrogens is 378 g/mol. The van der Waals surface area contributed by atoms with E-state index in [1.165, 1.54) is 77.0 Å². The molecule has 0 fully saturated rings. The standard InChI is InChI=1S/C25H49NO4/c1-6-7-8-9-10-11-12-13-14-15-16-17-18-19-20-29-23(27)22(2)26-24(28)30-21-25(3,4)5/h22H,6-21H2,1-5H3,(H,26,28). The van der Waals surface area contributed by atoms with Crippen molar-refractivity contribution in [3.8, 4) is 0 Å². The number of carbonyl (C=O) groups is 2. The molecule has 0 heterocycles. The quantitative estimate of drug-likeness (QED) is 0.186. The Kier molecular flexibility index (Phi) is 17.7. The SMILES string of the molecule is CCCCCCCCCCCCCCCCOC(=O)C(C)NC(=O)OCC(C)(C)C. The Balaban J connectivity index is 3.45. The Morgan fingerprint density at radius 3 is 1.60 bits per heavy atom. The molecule has 5 heteroatoms. The molecule has 0 aliphatic carbocycles. The van der Waals surface area contributed by atoms with Gasteiger partial charge in [-0.25, -0.2) is 9.59 Å². The van der Waals surface area contributed by atoms with Crippen molar-refractivity contribution < 1.29 is 19.1 Å². The summed E-state index contributed by atoms with van der Waals surface area (Å²) in [7, 11) is 0. The molecule has 1 N–H and O–H groups in total. The molecule has 1 unspecified atom stereocenters. The van der Waals surface area contributed by atoms with Crippen molar-refractivity contribution in [3.63, 3.8) is 0 Å². The fourth-order valence-electron chi connectivity index (χ4n) is 3.15. The molecule has 0 saturated heterocycles. The van der Waals surface area contributed by atoms with Crippen LogP contribution in [0.4, 0.5) is 4.79 Å². The Labute approximate surface area is 186 Å². The summed E-state index contributed by atoms with van der Waals surface area (Å²) in [6.45, 7) is 10.5. The molecule has 0 spiro atoms. The van der Waals surface area contributed by atoms with Crippen molar-refractivity contribution in [1.29, 1.82) is 0 Å². The van der Waals surface area contributed by atoms with Crippen molar-refractivity contribution in [2.45, 2.75) is 131 Å². The van der Waals surface area contributed by atoms with E-state index in [1.54, 1.807) is 6.92 Å². The highest BCUT2D eigenvalue weighted by Gasteiger charge is 2.19. The van der Waals surface area contributed by atoms with Crippen LogP contribution in [-0.2, 0) is 14.3 Å². The third-order valence-electron chi connectivity index (χ3n) is 5.07. The monoisotopic (exact) mass is 427 g/mol. The molecule has 0 bridgehead atoms. The number of carbonyl (C=O) groups excluding carboxylic acids is 2. The van der Waals surface area contributed by atoms with E-state index in [0.29, 0.717) is 13.2 Å². The van der Waals surface area contributed by atoms with Gasteiger partial charge in [0.25, 0.3) is 0 Å². The van der Waals surface area contributed by atoms with Gasteiger partial charge in [-0.05, 0) is 18.8 Å². The van der Waals surface area contributed by atoms with E-state index in [1.807, 2.05) is 20.8 Å². The molecule has 0 aromatic carbocycles. The maximum atomic E-state index is 11.9. The van der Waals surface area contributed by atoms with Gasteiger partial charge in [0.1, 0.15) is 6.04 Å². The van der Waals surface area contributed by atoms with Gasteiger partial charge in [0.05, 0.1) is 13.2 Å². The second-order valence-electron chi connectivity index (χ2n) is 9.77. The van der Waals surface area contributed by atoms with Crippen LogP contribution >= 0.6 is 0 Å². The molecule has 0 aromatic heterocycles. The van der Waals surface area contributed by atoms with Gasteiger partial charge in [-0.15, -0.1) is 0 Å². The van der Waals surface area contributed by atoms with Crippen LogP contribution < -0.4 is 5.32 Å². The summed E-state index contributed by atoms with van der Waals surface area (Å²) in [5.74, 6) is -0.405. The molecule has 30 heavy (non-hydrogen) atoms. The number of alkyl carbamates (subject to hydrolysis) is 1. The van der Waals surface area contributed by atoms with E-state index in [2.05, 4.69) is 12.2 Å². The topological polar surface area (TPSA) is 64.6 Å². The smallest absolute Gasteiger partial charge is 0.407 e. The minimum atomic E-state index is -0.691. The number of amides is 1. The lowest BCUT2D eigenvalue weighted by molar-refractivity contribution is -0.145. The fourth-order valence-corrected chi connectivity index (χ4v) is 3.15. The van der Waals surface area contributed by atoms with Crippen LogP contribution in [0.3, 0.4) is 0 Å². The van der Waals surface area contributed by atoms with Crippen molar-refractivity contribution in [2.24, 2.45) is 5.41 Å². The van der Waals surface area contributed by atoms with E-state index < -0.39 is 18.1 Å². The predicted octanol–water partition coefficient (Wildman–Crippen LogP) is 7.17. The maximum Gasteiger partial charge on any atom is 0.407 e. The summed E-state index contributed by atoms with van der Waals surface area (Å²) in [5.41, 5.74) is -0.102. The molecular formula is C25H49NO4. The van der Waals surface area contributed by atoms with Gasteiger partial charge in [-0.2, -0.15) is 0 Å². The number of hydrogen-bond donors (Lipinski definition) is 1. The van der Waals surface area contributed by atoms with Crippen LogP contribution in [0.1, 0.15) is 125 Å². The molecule has 5 nitrogen and oxygen atoms in total. The Bertz CT molecular complexity index is 431. The summed E-state index contributed by atoms with van der Waals surface area (Å²) < 4.78 is 10.3. The third-order valence-corrected chi connectivity index (χ3v) is 5.07. The molecule has 0 radical (unpaired) electrons. The average Bonchev–Trinajstić information content (AvgIpc) is 2.68. The maximum absolute atomic E-state index is 11.9. The molecule has 1 atom stereocenters. The average molecular weight is 428 g/mol. The van der Waals surface area contributed by atoms with Crippen molar-refractivity contribution >= 4 is 12.1 Å². The van der Waals surface area contributed by atoms with Crippen LogP contribution in [0.2, 0.25) is 0 Å². The number of esters is 1. The minimum Gasteiger partial charge on any atom is -0.464 e.